The molecule has 2 aromatic rings. The van der Waals surface area contributed by atoms with Crippen molar-refractivity contribution in [3.8, 4) is 0 Å². The molecule has 2 N–H and O–H groups in total. The highest BCUT2D eigenvalue weighted by Crippen LogP contribution is 2.25. The zero-order chi connectivity index (χ0) is 15.5. The number of carbonyl (C=O) groups is 2. The highest BCUT2D eigenvalue weighted by atomic mass is 16.2. The summed E-state index contributed by atoms with van der Waals surface area (Å²) in [6.45, 7) is 0. The number of benzene rings is 2. The van der Waals surface area contributed by atoms with Crippen LogP contribution in [-0.4, -0.2) is 23.4 Å². The van der Waals surface area contributed by atoms with E-state index in [0.29, 0.717) is 11.3 Å². The summed E-state index contributed by atoms with van der Waals surface area (Å²) in [4.78, 5) is 24.2. The molecule has 0 bridgehead atoms. The van der Waals surface area contributed by atoms with E-state index in [2.05, 4.69) is 5.10 Å². The zero-order valence-corrected chi connectivity index (χ0v) is 11.8. The SMILES string of the molecule is NC(=O)C1CC(C(=O)c2ccccc2)=NN1c1ccccc1. The Morgan fingerprint density at radius 3 is 2.18 bits per heavy atom. The Labute approximate surface area is 128 Å². The van der Waals surface area contributed by atoms with Crippen LogP contribution in [0.5, 0.6) is 0 Å². The number of anilines is 1. The van der Waals surface area contributed by atoms with Gasteiger partial charge in [-0.3, -0.25) is 14.6 Å². The normalized spacial score (nSPS) is 17.2. The van der Waals surface area contributed by atoms with Gasteiger partial charge in [-0.05, 0) is 12.1 Å². The van der Waals surface area contributed by atoms with Gasteiger partial charge in [0.1, 0.15) is 11.8 Å². The smallest absolute Gasteiger partial charge is 0.242 e. The molecule has 5 nitrogen and oxygen atoms in total. The number of hydrogen-bond donors (Lipinski definition) is 1. The van der Waals surface area contributed by atoms with Crippen molar-refractivity contribution in [1.29, 1.82) is 0 Å². The first-order valence-electron chi connectivity index (χ1n) is 6.97. The molecule has 1 heterocycles. The number of para-hydroxylation sites is 1. The van der Waals surface area contributed by atoms with Crippen molar-refractivity contribution in [2.45, 2.75) is 12.5 Å². The van der Waals surface area contributed by atoms with Gasteiger partial charge in [-0.2, -0.15) is 5.10 Å². The Kier molecular flexibility index (Phi) is 3.70. The Hall–Kier alpha value is -2.95. The van der Waals surface area contributed by atoms with Crippen molar-refractivity contribution >= 4 is 23.1 Å². The van der Waals surface area contributed by atoms with E-state index >= 15 is 0 Å². The molecule has 0 saturated carbocycles. The van der Waals surface area contributed by atoms with Gasteiger partial charge in [0.2, 0.25) is 11.7 Å². The van der Waals surface area contributed by atoms with Crippen molar-refractivity contribution in [3.05, 3.63) is 66.2 Å². The maximum Gasteiger partial charge on any atom is 0.242 e. The number of nitrogens with two attached hydrogens (primary N) is 1. The number of rotatable bonds is 4. The van der Waals surface area contributed by atoms with Crippen LogP contribution < -0.4 is 10.7 Å². The summed E-state index contributed by atoms with van der Waals surface area (Å²) in [6, 6.07) is 17.5. The number of nitrogens with zero attached hydrogens (tertiary/aromatic N) is 2. The average molecular weight is 293 g/mol. The molecule has 5 heteroatoms. The molecule has 0 aromatic heterocycles. The highest BCUT2D eigenvalue weighted by Gasteiger charge is 2.35. The lowest BCUT2D eigenvalue weighted by Gasteiger charge is -2.20. The second-order valence-electron chi connectivity index (χ2n) is 5.04. The fourth-order valence-electron chi connectivity index (χ4n) is 2.44. The van der Waals surface area contributed by atoms with Crippen LogP contribution >= 0.6 is 0 Å². The summed E-state index contributed by atoms with van der Waals surface area (Å²) in [5.74, 6) is -0.672. The van der Waals surface area contributed by atoms with Crippen LogP contribution in [-0.2, 0) is 4.79 Å². The van der Waals surface area contributed by atoms with Gasteiger partial charge in [0.05, 0.1) is 5.69 Å². The predicted molar refractivity (Wildman–Crippen MR) is 84.7 cm³/mol. The first kappa shape index (κ1) is 14.0. The lowest BCUT2D eigenvalue weighted by atomic mass is 10.0. The molecule has 1 aliphatic heterocycles. The number of carbonyl (C=O) groups excluding carboxylic acids is 2. The molecule has 1 atom stereocenters. The van der Waals surface area contributed by atoms with Crippen LogP contribution in [0.3, 0.4) is 0 Å². The molecular formula is C17H15N3O2. The minimum Gasteiger partial charge on any atom is -0.368 e. The largest absolute Gasteiger partial charge is 0.368 e. The van der Waals surface area contributed by atoms with Crippen LogP contribution in [0.2, 0.25) is 0 Å². The minimum absolute atomic E-state index is 0.176. The third-order valence-electron chi connectivity index (χ3n) is 3.56. The molecule has 1 unspecified atom stereocenters. The number of primary amides is 1. The monoisotopic (exact) mass is 293 g/mol. The summed E-state index contributed by atoms with van der Waals surface area (Å²) in [7, 11) is 0. The predicted octanol–water partition coefficient (Wildman–Crippen LogP) is 1.99. The van der Waals surface area contributed by atoms with Crippen molar-refractivity contribution in [2.75, 3.05) is 5.01 Å². The Bertz CT molecular complexity index is 726. The number of ketones is 1. The molecule has 110 valence electrons. The number of hydrogen-bond acceptors (Lipinski definition) is 4. The fourth-order valence-corrected chi connectivity index (χ4v) is 2.44. The lowest BCUT2D eigenvalue weighted by Crippen LogP contribution is -2.39. The summed E-state index contributed by atoms with van der Waals surface area (Å²) in [5, 5.41) is 5.86. The zero-order valence-electron chi connectivity index (χ0n) is 11.8. The van der Waals surface area contributed by atoms with Crippen molar-refractivity contribution < 1.29 is 9.59 Å². The molecule has 22 heavy (non-hydrogen) atoms. The molecular weight excluding hydrogens is 278 g/mol. The third-order valence-corrected chi connectivity index (χ3v) is 3.56. The average Bonchev–Trinajstić information content (AvgIpc) is 3.01. The molecule has 3 rings (SSSR count). The van der Waals surface area contributed by atoms with Gasteiger partial charge >= 0.3 is 0 Å². The van der Waals surface area contributed by atoms with Crippen LogP contribution in [0.4, 0.5) is 5.69 Å². The Morgan fingerprint density at radius 2 is 1.59 bits per heavy atom. The molecule has 0 radical (unpaired) electrons. The van der Waals surface area contributed by atoms with E-state index < -0.39 is 11.9 Å². The second kappa shape index (κ2) is 5.81. The molecule has 0 spiro atoms. The van der Waals surface area contributed by atoms with E-state index in [0.717, 1.165) is 5.69 Å². The minimum atomic E-state index is -0.634. The second-order valence-corrected chi connectivity index (χ2v) is 5.04. The van der Waals surface area contributed by atoms with E-state index in [4.69, 9.17) is 5.73 Å². The van der Waals surface area contributed by atoms with Gasteiger partial charge in [0.25, 0.3) is 0 Å². The van der Waals surface area contributed by atoms with E-state index in [9.17, 15) is 9.59 Å². The van der Waals surface area contributed by atoms with E-state index in [1.807, 2.05) is 36.4 Å². The standard InChI is InChI=1S/C17H15N3O2/c18-17(22)15-11-14(16(21)12-7-3-1-4-8-12)19-20(15)13-9-5-2-6-10-13/h1-10,15H,11H2,(H2,18,22). The summed E-state index contributed by atoms with van der Waals surface area (Å²) in [6.07, 6.45) is 0.220. The maximum atomic E-state index is 12.5. The van der Waals surface area contributed by atoms with E-state index in [-0.39, 0.29) is 12.2 Å². The molecule has 0 aliphatic carbocycles. The number of Topliss-reactive ketones (excluding diaryl/α,β-unsaturated/α-hetero) is 1. The maximum absolute atomic E-state index is 12.5. The van der Waals surface area contributed by atoms with Gasteiger partial charge < -0.3 is 5.73 Å². The molecule has 1 amide bonds. The third kappa shape index (κ3) is 2.61. The van der Waals surface area contributed by atoms with Crippen LogP contribution in [0.1, 0.15) is 16.8 Å². The molecule has 0 saturated heterocycles. The quantitative estimate of drug-likeness (QED) is 0.876. The molecule has 1 aliphatic rings. The van der Waals surface area contributed by atoms with Crippen LogP contribution in [0.15, 0.2) is 65.8 Å². The van der Waals surface area contributed by atoms with Gasteiger partial charge in [-0.25, -0.2) is 0 Å². The topological polar surface area (TPSA) is 75.8 Å². The molecule has 0 fully saturated rings. The Morgan fingerprint density at radius 1 is 1.00 bits per heavy atom. The molecule has 2 aromatic carbocycles. The van der Waals surface area contributed by atoms with E-state index in [1.54, 1.807) is 24.3 Å². The fraction of sp³-hybridized carbons (Fsp3) is 0.118. The van der Waals surface area contributed by atoms with Gasteiger partial charge in [-0.1, -0.05) is 48.5 Å². The van der Waals surface area contributed by atoms with Crippen molar-refractivity contribution in [2.24, 2.45) is 10.8 Å². The van der Waals surface area contributed by atoms with Crippen LogP contribution in [0.25, 0.3) is 0 Å². The first-order chi connectivity index (χ1) is 10.7. The Balaban J connectivity index is 1.93. The summed E-state index contributed by atoms with van der Waals surface area (Å²) in [5.41, 5.74) is 7.10. The van der Waals surface area contributed by atoms with Gasteiger partial charge in [-0.15, -0.1) is 0 Å². The first-order valence-corrected chi connectivity index (χ1v) is 6.97. The lowest BCUT2D eigenvalue weighted by molar-refractivity contribution is -0.119. The van der Waals surface area contributed by atoms with Gasteiger partial charge in [0.15, 0.2) is 0 Å². The van der Waals surface area contributed by atoms with Crippen molar-refractivity contribution in [3.63, 3.8) is 0 Å². The summed E-state index contributed by atoms with van der Waals surface area (Å²) >= 11 is 0. The van der Waals surface area contributed by atoms with E-state index in [1.165, 1.54) is 5.01 Å². The van der Waals surface area contributed by atoms with Crippen LogP contribution in [0, 0.1) is 0 Å². The van der Waals surface area contributed by atoms with Gasteiger partial charge in [0, 0.05) is 12.0 Å². The van der Waals surface area contributed by atoms with Crippen molar-refractivity contribution in [1.82, 2.24) is 0 Å². The highest BCUT2D eigenvalue weighted by molar-refractivity contribution is 6.47. The number of amides is 1. The number of hydrazone groups is 1. The summed E-state index contributed by atoms with van der Waals surface area (Å²) < 4.78 is 0.